The summed E-state index contributed by atoms with van der Waals surface area (Å²) >= 11 is 0. The van der Waals surface area contributed by atoms with E-state index >= 15 is 0 Å². The van der Waals surface area contributed by atoms with Crippen LogP contribution in [0, 0.1) is 0 Å². The monoisotopic (exact) mass is 277 g/mol. The number of nitrogens with two attached hydrogens (primary N) is 1. The van der Waals surface area contributed by atoms with Crippen LogP contribution in [0.1, 0.15) is 24.2 Å². The highest BCUT2D eigenvalue weighted by molar-refractivity contribution is 5.43. The van der Waals surface area contributed by atoms with Gasteiger partial charge in [-0.1, -0.05) is 18.1 Å². The number of aryl methyl sites for hydroxylation is 1. The molecular weight excluding hydrogens is 258 g/mol. The van der Waals surface area contributed by atoms with E-state index in [-0.39, 0.29) is 6.61 Å². The molecule has 2 aromatic rings. The molecule has 2 N–H and O–H groups in total. The zero-order valence-corrected chi connectivity index (χ0v) is 11.8. The van der Waals surface area contributed by atoms with Crippen LogP contribution in [0.4, 0.5) is 0 Å². The van der Waals surface area contributed by atoms with Gasteiger partial charge in [0.1, 0.15) is 0 Å². The number of aromatic nitrogens is 2. The van der Waals surface area contributed by atoms with Gasteiger partial charge in [-0.25, -0.2) is 0 Å². The molecular formula is C14H19N3O3. The SMILES string of the molecule is CCc1nc(COc2ccc(CCN)cc2OC)no1. The number of methoxy groups -OCH3 is 1. The number of hydrogen-bond donors (Lipinski definition) is 1. The first-order chi connectivity index (χ1) is 9.76. The molecule has 6 heteroatoms. The van der Waals surface area contributed by atoms with Crippen LogP contribution in [0.3, 0.4) is 0 Å². The van der Waals surface area contributed by atoms with Gasteiger partial charge in [-0.2, -0.15) is 4.98 Å². The number of ether oxygens (including phenoxy) is 2. The van der Waals surface area contributed by atoms with Gasteiger partial charge in [-0.3, -0.25) is 0 Å². The second-order valence-corrected chi connectivity index (χ2v) is 4.27. The Kier molecular flexibility index (Phi) is 4.95. The smallest absolute Gasteiger partial charge is 0.226 e. The quantitative estimate of drug-likeness (QED) is 0.829. The highest BCUT2D eigenvalue weighted by atomic mass is 16.5. The minimum atomic E-state index is 0.246. The Morgan fingerprint density at radius 3 is 2.80 bits per heavy atom. The van der Waals surface area contributed by atoms with Crippen molar-refractivity contribution < 1.29 is 14.0 Å². The van der Waals surface area contributed by atoms with Gasteiger partial charge in [0.05, 0.1) is 7.11 Å². The van der Waals surface area contributed by atoms with Crippen molar-refractivity contribution in [3.8, 4) is 11.5 Å². The van der Waals surface area contributed by atoms with Gasteiger partial charge < -0.3 is 19.7 Å². The lowest BCUT2D eigenvalue weighted by Crippen LogP contribution is -2.04. The average Bonchev–Trinajstić information content (AvgIpc) is 2.94. The zero-order valence-electron chi connectivity index (χ0n) is 11.8. The summed E-state index contributed by atoms with van der Waals surface area (Å²) in [4.78, 5) is 4.19. The van der Waals surface area contributed by atoms with Gasteiger partial charge in [0.25, 0.3) is 0 Å². The molecule has 6 nitrogen and oxygen atoms in total. The summed E-state index contributed by atoms with van der Waals surface area (Å²) in [6.45, 7) is 2.81. The van der Waals surface area contributed by atoms with Crippen molar-refractivity contribution in [2.75, 3.05) is 13.7 Å². The van der Waals surface area contributed by atoms with E-state index in [0.717, 1.165) is 12.0 Å². The Morgan fingerprint density at radius 2 is 2.15 bits per heavy atom. The van der Waals surface area contributed by atoms with E-state index in [1.54, 1.807) is 7.11 Å². The summed E-state index contributed by atoms with van der Waals surface area (Å²) in [7, 11) is 1.61. The van der Waals surface area contributed by atoms with Crippen molar-refractivity contribution in [1.29, 1.82) is 0 Å². The summed E-state index contributed by atoms with van der Waals surface area (Å²) in [6, 6.07) is 5.76. The van der Waals surface area contributed by atoms with Crippen molar-refractivity contribution in [3.05, 3.63) is 35.5 Å². The Bertz CT molecular complexity index is 554. The summed E-state index contributed by atoms with van der Waals surface area (Å²) in [6.07, 6.45) is 1.52. The van der Waals surface area contributed by atoms with Gasteiger partial charge in [0, 0.05) is 6.42 Å². The van der Waals surface area contributed by atoms with Crippen LogP contribution in [0.25, 0.3) is 0 Å². The Labute approximate surface area is 117 Å². The van der Waals surface area contributed by atoms with Crippen molar-refractivity contribution >= 4 is 0 Å². The Balaban J connectivity index is 2.04. The summed E-state index contributed by atoms with van der Waals surface area (Å²) in [5.74, 6) is 2.45. The Morgan fingerprint density at radius 1 is 1.30 bits per heavy atom. The molecule has 0 aliphatic rings. The van der Waals surface area contributed by atoms with E-state index in [1.165, 1.54) is 0 Å². The van der Waals surface area contributed by atoms with Crippen molar-refractivity contribution in [2.24, 2.45) is 5.73 Å². The molecule has 0 unspecified atom stereocenters. The molecule has 0 radical (unpaired) electrons. The van der Waals surface area contributed by atoms with Crippen LogP contribution in [-0.4, -0.2) is 23.8 Å². The normalized spacial score (nSPS) is 10.6. The lowest BCUT2D eigenvalue weighted by Gasteiger charge is -2.10. The fourth-order valence-corrected chi connectivity index (χ4v) is 1.79. The standard InChI is InChI=1S/C14H19N3O3/c1-3-14-16-13(17-20-14)9-19-11-5-4-10(6-7-15)8-12(11)18-2/h4-5,8H,3,6-7,9,15H2,1-2H3. The Hall–Kier alpha value is -2.08. The molecule has 0 amide bonds. The minimum Gasteiger partial charge on any atom is -0.493 e. The fraction of sp³-hybridized carbons (Fsp3) is 0.429. The van der Waals surface area contributed by atoms with E-state index in [0.29, 0.717) is 36.2 Å². The van der Waals surface area contributed by atoms with Crippen LogP contribution < -0.4 is 15.2 Å². The van der Waals surface area contributed by atoms with Gasteiger partial charge in [0.15, 0.2) is 18.1 Å². The van der Waals surface area contributed by atoms with E-state index in [2.05, 4.69) is 10.1 Å². The molecule has 1 aromatic heterocycles. The molecule has 0 bridgehead atoms. The number of benzene rings is 1. The van der Waals surface area contributed by atoms with Crippen molar-refractivity contribution in [2.45, 2.75) is 26.4 Å². The first-order valence-corrected chi connectivity index (χ1v) is 6.58. The molecule has 0 saturated heterocycles. The molecule has 1 aromatic carbocycles. The van der Waals surface area contributed by atoms with Gasteiger partial charge in [-0.05, 0) is 30.7 Å². The fourth-order valence-electron chi connectivity index (χ4n) is 1.79. The largest absolute Gasteiger partial charge is 0.493 e. The van der Waals surface area contributed by atoms with Crippen LogP contribution in [0.5, 0.6) is 11.5 Å². The molecule has 108 valence electrons. The number of rotatable bonds is 7. The lowest BCUT2D eigenvalue weighted by molar-refractivity contribution is 0.269. The molecule has 20 heavy (non-hydrogen) atoms. The number of nitrogens with zero attached hydrogens (tertiary/aromatic N) is 2. The highest BCUT2D eigenvalue weighted by Gasteiger charge is 2.09. The molecule has 0 atom stereocenters. The first kappa shape index (κ1) is 14.3. The van der Waals surface area contributed by atoms with E-state index in [9.17, 15) is 0 Å². The van der Waals surface area contributed by atoms with Crippen LogP contribution >= 0.6 is 0 Å². The predicted octanol–water partition coefficient (Wildman–Crippen LogP) is 1.72. The second kappa shape index (κ2) is 6.91. The first-order valence-electron chi connectivity index (χ1n) is 6.58. The number of hydrogen-bond acceptors (Lipinski definition) is 6. The van der Waals surface area contributed by atoms with E-state index in [4.69, 9.17) is 19.7 Å². The predicted molar refractivity (Wildman–Crippen MR) is 73.8 cm³/mol. The molecule has 0 aliphatic carbocycles. The second-order valence-electron chi connectivity index (χ2n) is 4.27. The minimum absolute atomic E-state index is 0.246. The zero-order chi connectivity index (χ0) is 14.4. The maximum atomic E-state index is 5.66. The van der Waals surface area contributed by atoms with Gasteiger partial charge in [0.2, 0.25) is 11.7 Å². The summed E-state index contributed by atoms with van der Waals surface area (Å²) in [5, 5.41) is 3.84. The molecule has 0 spiro atoms. The summed E-state index contributed by atoms with van der Waals surface area (Å²) < 4.78 is 16.0. The van der Waals surface area contributed by atoms with Crippen molar-refractivity contribution in [1.82, 2.24) is 10.1 Å². The molecule has 0 fully saturated rings. The van der Waals surface area contributed by atoms with Crippen LogP contribution in [0.2, 0.25) is 0 Å². The average molecular weight is 277 g/mol. The molecule has 0 saturated carbocycles. The van der Waals surface area contributed by atoms with E-state index < -0.39 is 0 Å². The van der Waals surface area contributed by atoms with Gasteiger partial charge in [-0.15, -0.1) is 0 Å². The summed E-state index contributed by atoms with van der Waals surface area (Å²) in [5.41, 5.74) is 6.66. The molecule has 0 aliphatic heterocycles. The topological polar surface area (TPSA) is 83.4 Å². The van der Waals surface area contributed by atoms with Gasteiger partial charge >= 0.3 is 0 Å². The third-order valence-corrected chi connectivity index (χ3v) is 2.83. The van der Waals surface area contributed by atoms with Crippen LogP contribution in [-0.2, 0) is 19.4 Å². The molecule has 2 rings (SSSR count). The third-order valence-electron chi connectivity index (χ3n) is 2.83. The van der Waals surface area contributed by atoms with E-state index in [1.807, 2.05) is 25.1 Å². The van der Waals surface area contributed by atoms with Crippen molar-refractivity contribution in [3.63, 3.8) is 0 Å². The van der Waals surface area contributed by atoms with Crippen LogP contribution in [0.15, 0.2) is 22.7 Å². The molecule has 1 heterocycles. The lowest BCUT2D eigenvalue weighted by atomic mass is 10.1. The maximum Gasteiger partial charge on any atom is 0.226 e. The third kappa shape index (κ3) is 3.48. The highest BCUT2D eigenvalue weighted by Crippen LogP contribution is 2.28. The maximum absolute atomic E-state index is 5.66.